The Kier molecular flexibility index (Phi) is 6.28. The van der Waals surface area contributed by atoms with Crippen LogP contribution in [0.1, 0.15) is 13.8 Å². The second-order valence-corrected chi connectivity index (χ2v) is 6.90. The smallest absolute Gasteiger partial charge is 0.215 e. The maximum atomic E-state index is 12.2. The summed E-state index contributed by atoms with van der Waals surface area (Å²) in [5.74, 6) is 0.193. The van der Waals surface area contributed by atoms with Crippen LogP contribution in [0.4, 0.5) is 0 Å². The van der Waals surface area contributed by atoms with Crippen molar-refractivity contribution < 1.29 is 8.42 Å². The third-order valence-electron chi connectivity index (χ3n) is 3.12. The molecule has 0 atom stereocenters. The number of hydrogen-bond donors (Lipinski definition) is 1. The highest BCUT2D eigenvalue weighted by Gasteiger charge is 2.24. The molecule has 5 nitrogen and oxygen atoms in total. The molecular formula is C12H25N3O2S. The molecule has 0 unspecified atom stereocenters. The minimum absolute atomic E-state index is 0.0176. The predicted molar refractivity (Wildman–Crippen MR) is 75.1 cm³/mol. The van der Waals surface area contributed by atoms with Gasteiger partial charge in [-0.05, 0) is 13.8 Å². The van der Waals surface area contributed by atoms with E-state index in [0.717, 1.165) is 26.2 Å². The molecule has 0 aromatic carbocycles. The molecule has 1 rings (SSSR count). The van der Waals surface area contributed by atoms with Crippen LogP contribution in [-0.4, -0.2) is 68.7 Å². The van der Waals surface area contributed by atoms with Crippen LogP contribution in [0.3, 0.4) is 0 Å². The molecule has 0 radical (unpaired) electrons. The lowest BCUT2D eigenvalue weighted by atomic mass is 10.4. The third kappa shape index (κ3) is 4.68. The standard InChI is InChI=1S/C12H25N3O2S/c1-4-7-15(12(2)3)18(16,17)11-10-14-8-5-13-6-9-14/h4,12-13H,1,5-11H2,2-3H3. The van der Waals surface area contributed by atoms with Crippen LogP contribution in [0.25, 0.3) is 0 Å². The summed E-state index contributed by atoms with van der Waals surface area (Å²) in [6.07, 6.45) is 1.64. The molecule has 1 N–H and O–H groups in total. The van der Waals surface area contributed by atoms with Crippen molar-refractivity contribution in [2.75, 3.05) is 45.0 Å². The van der Waals surface area contributed by atoms with Crippen molar-refractivity contribution in [3.05, 3.63) is 12.7 Å². The van der Waals surface area contributed by atoms with Gasteiger partial charge < -0.3 is 5.32 Å². The normalized spacial score (nSPS) is 18.4. The second kappa shape index (κ2) is 7.23. The molecule has 0 bridgehead atoms. The highest BCUT2D eigenvalue weighted by atomic mass is 32.2. The van der Waals surface area contributed by atoms with Crippen LogP contribution < -0.4 is 5.32 Å². The van der Waals surface area contributed by atoms with Crippen molar-refractivity contribution in [2.24, 2.45) is 0 Å². The molecular weight excluding hydrogens is 250 g/mol. The molecule has 0 spiro atoms. The summed E-state index contributed by atoms with van der Waals surface area (Å²) in [5, 5.41) is 3.26. The van der Waals surface area contributed by atoms with Crippen LogP contribution in [0, 0.1) is 0 Å². The van der Waals surface area contributed by atoms with Gasteiger partial charge in [-0.1, -0.05) is 6.08 Å². The van der Waals surface area contributed by atoms with E-state index in [1.54, 1.807) is 6.08 Å². The number of piperazine rings is 1. The summed E-state index contributed by atoms with van der Waals surface area (Å²) < 4.78 is 26.0. The first kappa shape index (κ1) is 15.6. The van der Waals surface area contributed by atoms with Crippen molar-refractivity contribution >= 4 is 10.0 Å². The van der Waals surface area contributed by atoms with Gasteiger partial charge in [0.05, 0.1) is 5.75 Å². The van der Waals surface area contributed by atoms with Crippen molar-refractivity contribution in [1.82, 2.24) is 14.5 Å². The maximum Gasteiger partial charge on any atom is 0.215 e. The average Bonchev–Trinajstić information content (AvgIpc) is 2.34. The summed E-state index contributed by atoms with van der Waals surface area (Å²) in [4.78, 5) is 2.19. The Morgan fingerprint density at radius 2 is 2.00 bits per heavy atom. The van der Waals surface area contributed by atoms with Crippen LogP contribution >= 0.6 is 0 Å². The first-order valence-electron chi connectivity index (χ1n) is 6.51. The average molecular weight is 275 g/mol. The fourth-order valence-electron chi connectivity index (χ4n) is 2.07. The summed E-state index contributed by atoms with van der Waals surface area (Å²) >= 11 is 0. The van der Waals surface area contributed by atoms with E-state index in [9.17, 15) is 8.42 Å². The van der Waals surface area contributed by atoms with E-state index in [2.05, 4.69) is 16.8 Å². The Morgan fingerprint density at radius 3 is 2.50 bits per heavy atom. The van der Waals surface area contributed by atoms with E-state index in [-0.39, 0.29) is 11.8 Å². The second-order valence-electron chi connectivity index (χ2n) is 4.86. The molecule has 0 aromatic rings. The zero-order valence-corrected chi connectivity index (χ0v) is 12.2. The molecule has 1 aliphatic rings. The first-order chi connectivity index (χ1) is 8.47. The van der Waals surface area contributed by atoms with Crippen molar-refractivity contribution in [1.29, 1.82) is 0 Å². The Labute approximate surface area is 111 Å². The van der Waals surface area contributed by atoms with Crippen LogP contribution in [0.2, 0.25) is 0 Å². The molecule has 0 saturated carbocycles. The summed E-state index contributed by atoms with van der Waals surface area (Å²) in [6, 6.07) is -0.0176. The van der Waals surface area contributed by atoms with E-state index >= 15 is 0 Å². The number of nitrogens with zero attached hydrogens (tertiary/aromatic N) is 2. The van der Waals surface area contributed by atoms with Gasteiger partial charge in [-0.2, -0.15) is 4.31 Å². The maximum absolute atomic E-state index is 12.2. The monoisotopic (exact) mass is 275 g/mol. The van der Waals surface area contributed by atoms with Gasteiger partial charge in [-0.25, -0.2) is 8.42 Å². The fourth-order valence-corrected chi connectivity index (χ4v) is 3.77. The van der Waals surface area contributed by atoms with Crippen LogP contribution in [0.5, 0.6) is 0 Å². The van der Waals surface area contributed by atoms with Crippen LogP contribution in [0.15, 0.2) is 12.7 Å². The van der Waals surface area contributed by atoms with Gasteiger partial charge in [0.15, 0.2) is 0 Å². The fraction of sp³-hybridized carbons (Fsp3) is 0.833. The molecule has 0 aliphatic carbocycles. The molecule has 18 heavy (non-hydrogen) atoms. The molecule has 106 valence electrons. The van der Waals surface area contributed by atoms with Gasteiger partial charge in [0.2, 0.25) is 10.0 Å². The van der Waals surface area contributed by atoms with E-state index in [1.807, 2.05) is 13.8 Å². The summed E-state index contributed by atoms with van der Waals surface area (Å²) in [6.45, 7) is 12.2. The molecule has 6 heteroatoms. The van der Waals surface area contributed by atoms with Crippen molar-refractivity contribution in [2.45, 2.75) is 19.9 Å². The van der Waals surface area contributed by atoms with Gasteiger partial charge in [-0.3, -0.25) is 4.90 Å². The minimum atomic E-state index is -3.18. The SMILES string of the molecule is C=CCN(C(C)C)S(=O)(=O)CCN1CCNCC1. The van der Waals surface area contributed by atoms with E-state index < -0.39 is 10.0 Å². The number of rotatable bonds is 7. The Balaban J connectivity index is 2.53. The summed E-state index contributed by atoms with van der Waals surface area (Å²) in [7, 11) is -3.18. The number of hydrogen-bond acceptors (Lipinski definition) is 4. The number of nitrogens with one attached hydrogen (secondary N) is 1. The van der Waals surface area contributed by atoms with Gasteiger partial charge in [0.25, 0.3) is 0 Å². The first-order valence-corrected chi connectivity index (χ1v) is 8.12. The highest BCUT2D eigenvalue weighted by Crippen LogP contribution is 2.08. The molecule has 1 heterocycles. The zero-order valence-electron chi connectivity index (χ0n) is 11.4. The highest BCUT2D eigenvalue weighted by molar-refractivity contribution is 7.89. The Bertz CT molecular complexity index is 348. The minimum Gasteiger partial charge on any atom is -0.314 e. The topological polar surface area (TPSA) is 52.7 Å². The van der Waals surface area contributed by atoms with Gasteiger partial charge >= 0.3 is 0 Å². The molecule has 1 saturated heterocycles. The van der Waals surface area contributed by atoms with Gasteiger partial charge in [0.1, 0.15) is 0 Å². The van der Waals surface area contributed by atoms with Crippen molar-refractivity contribution in [3.63, 3.8) is 0 Å². The van der Waals surface area contributed by atoms with E-state index in [1.165, 1.54) is 4.31 Å². The Morgan fingerprint density at radius 1 is 1.39 bits per heavy atom. The number of sulfonamides is 1. The largest absolute Gasteiger partial charge is 0.314 e. The zero-order chi connectivity index (χ0) is 13.6. The molecule has 1 fully saturated rings. The Hall–Kier alpha value is -0.430. The lowest BCUT2D eigenvalue weighted by Gasteiger charge is -2.29. The van der Waals surface area contributed by atoms with Gasteiger partial charge in [0, 0.05) is 45.3 Å². The summed E-state index contributed by atoms with van der Waals surface area (Å²) in [5.41, 5.74) is 0. The molecule has 1 aliphatic heterocycles. The van der Waals surface area contributed by atoms with Crippen LogP contribution in [-0.2, 0) is 10.0 Å². The lowest BCUT2D eigenvalue weighted by molar-refractivity contribution is 0.252. The molecule has 0 amide bonds. The van der Waals surface area contributed by atoms with E-state index in [0.29, 0.717) is 13.1 Å². The van der Waals surface area contributed by atoms with Crippen molar-refractivity contribution in [3.8, 4) is 0 Å². The van der Waals surface area contributed by atoms with Gasteiger partial charge in [-0.15, -0.1) is 6.58 Å². The van der Waals surface area contributed by atoms with E-state index in [4.69, 9.17) is 0 Å². The third-order valence-corrected chi connectivity index (χ3v) is 5.10. The lowest BCUT2D eigenvalue weighted by Crippen LogP contribution is -2.47. The molecule has 0 aromatic heterocycles. The quantitative estimate of drug-likeness (QED) is 0.671. The predicted octanol–water partition coefficient (Wildman–Crippen LogP) is 0.118.